The predicted octanol–water partition coefficient (Wildman–Crippen LogP) is 5.02. The van der Waals surface area contributed by atoms with Crippen LogP contribution in [0.25, 0.3) is 10.4 Å². The van der Waals surface area contributed by atoms with Gasteiger partial charge in [-0.1, -0.05) is 41.9 Å². The van der Waals surface area contributed by atoms with E-state index >= 15 is 0 Å². The average molecular weight is 371 g/mol. The molecule has 0 bridgehead atoms. The van der Waals surface area contributed by atoms with E-state index in [4.69, 9.17) is 16.3 Å². The summed E-state index contributed by atoms with van der Waals surface area (Å²) in [5.41, 5.74) is 2.33. The van der Waals surface area contributed by atoms with E-state index in [-0.39, 0.29) is 18.2 Å². The third kappa shape index (κ3) is 3.98. The highest BCUT2D eigenvalue weighted by Gasteiger charge is 2.19. The number of hydrogen-bond donors (Lipinski definition) is 0. The predicted molar refractivity (Wildman–Crippen MR) is 100 cm³/mol. The van der Waals surface area contributed by atoms with Crippen LogP contribution in [0.2, 0.25) is 5.02 Å². The molecule has 0 aliphatic rings. The monoisotopic (exact) mass is 370 g/mol. The minimum atomic E-state index is -0.333. The molecule has 0 saturated carbocycles. The molecule has 0 fully saturated rings. The van der Waals surface area contributed by atoms with E-state index in [1.165, 1.54) is 18.4 Å². The Bertz CT molecular complexity index is 898. The smallest absolute Gasteiger partial charge is 0.310 e. The van der Waals surface area contributed by atoms with E-state index in [1.807, 2.05) is 30.3 Å². The Kier molecular flexibility index (Phi) is 5.31. The van der Waals surface area contributed by atoms with Gasteiger partial charge in [-0.3, -0.25) is 9.59 Å². The summed E-state index contributed by atoms with van der Waals surface area (Å²) >= 11 is 7.27. The number of esters is 1. The molecule has 2 aromatic carbocycles. The molecule has 0 saturated heterocycles. The first-order valence-electron chi connectivity index (χ1n) is 7.63. The van der Waals surface area contributed by atoms with Crippen LogP contribution in [0, 0.1) is 0 Å². The molecule has 0 amide bonds. The summed E-state index contributed by atoms with van der Waals surface area (Å²) in [5.74, 6) is -0.421. The van der Waals surface area contributed by atoms with E-state index in [9.17, 15) is 9.59 Å². The van der Waals surface area contributed by atoms with Gasteiger partial charge >= 0.3 is 5.97 Å². The molecule has 3 aromatic rings. The summed E-state index contributed by atoms with van der Waals surface area (Å²) < 4.78 is 4.78. The number of hydrogen-bond acceptors (Lipinski definition) is 4. The van der Waals surface area contributed by atoms with Crippen LogP contribution >= 0.6 is 22.9 Å². The van der Waals surface area contributed by atoms with Gasteiger partial charge in [0, 0.05) is 15.5 Å². The van der Waals surface area contributed by atoms with Crippen molar-refractivity contribution in [3.63, 3.8) is 0 Å². The maximum Gasteiger partial charge on any atom is 0.310 e. The summed E-state index contributed by atoms with van der Waals surface area (Å²) in [7, 11) is 1.36. The van der Waals surface area contributed by atoms with Gasteiger partial charge in [-0.25, -0.2) is 0 Å². The number of carbonyl (C=O) groups is 2. The summed E-state index contributed by atoms with van der Waals surface area (Å²) in [5, 5.41) is 0.582. The molecule has 25 heavy (non-hydrogen) atoms. The summed E-state index contributed by atoms with van der Waals surface area (Å²) in [6.45, 7) is 0. The number of ketones is 1. The van der Waals surface area contributed by atoms with Gasteiger partial charge in [0.05, 0.1) is 18.4 Å². The van der Waals surface area contributed by atoms with E-state index in [1.54, 1.807) is 30.3 Å². The highest BCUT2D eigenvalue weighted by atomic mass is 35.5. The maximum atomic E-state index is 12.8. The number of benzene rings is 2. The SMILES string of the molecule is COC(=O)Cc1cc(C(=O)c2ccc(Cl)cc2)sc1-c1ccccc1. The standard InChI is InChI=1S/C20H15ClO3S/c1-24-18(22)12-15-11-17(19(23)13-7-9-16(21)10-8-13)25-20(15)14-5-3-2-4-6-14/h2-11H,12H2,1H3. The molecule has 3 nitrogen and oxygen atoms in total. The third-order valence-electron chi connectivity index (χ3n) is 3.74. The van der Waals surface area contributed by atoms with Crippen molar-refractivity contribution in [2.75, 3.05) is 7.11 Å². The molecule has 0 aliphatic heterocycles. The van der Waals surface area contributed by atoms with Crippen molar-refractivity contribution in [1.29, 1.82) is 0 Å². The quantitative estimate of drug-likeness (QED) is 0.468. The minimum absolute atomic E-state index is 0.0880. The molecular formula is C20H15ClO3S. The Hall–Kier alpha value is -2.43. The van der Waals surface area contributed by atoms with Gasteiger partial charge in [-0.2, -0.15) is 0 Å². The fourth-order valence-electron chi connectivity index (χ4n) is 2.48. The van der Waals surface area contributed by atoms with Crippen LogP contribution in [0.1, 0.15) is 20.8 Å². The van der Waals surface area contributed by atoms with Crippen molar-refractivity contribution < 1.29 is 14.3 Å². The molecule has 1 heterocycles. The van der Waals surface area contributed by atoms with Gasteiger partial charge in [-0.05, 0) is 41.5 Å². The number of thiophene rings is 1. The molecule has 0 radical (unpaired) electrons. The van der Waals surface area contributed by atoms with Crippen LogP contribution in [-0.4, -0.2) is 18.9 Å². The van der Waals surface area contributed by atoms with Gasteiger partial charge in [0.2, 0.25) is 5.78 Å². The normalized spacial score (nSPS) is 10.5. The van der Waals surface area contributed by atoms with Gasteiger partial charge in [0.25, 0.3) is 0 Å². The van der Waals surface area contributed by atoms with Crippen molar-refractivity contribution in [2.24, 2.45) is 0 Å². The lowest BCUT2D eigenvalue weighted by Crippen LogP contribution is -2.04. The second-order valence-corrected chi connectivity index (χ2v) is 6.91. The summed E-state index contributed by atoms with van der Waals surface area (Å²) in [4.78, 5) is 26.0. The van der Waals surface area contributed by atoms with Crippen molar-refractivity contribution >= 4 is 34.7 Å². The zero-order valence-electron chi connectivity index (χ0n) is 13.5. The van der Waals surface area contributed by atoms with Gasteiger partial charge in [-0.15, -0.1) is 11.3 Å². The number of halogens is 1. The molecule has 0 spiro atoms. The largest absolute Gasteiger partial charge is 0.469 e. The Morgan fingerprint density at radius 2 is 1.72 bits per heavy atom. The van der Waals surface area contributed by atoms with Crippen LogP contribution in [0.4, 0.5) is 0 Å². The highest BCUT2D eigenvalue weighted by molar-refractivity contribution is 7.17. The molecular weight excluding hydrogens is 356 g/mol. The van der Waals surface area contributed by atoms with Crippen molar-refractivity contribution in [3.8, 4) is 10.4 Å². The Balaban J connectivity index is 2.02. The Labute approximate surface area is 154 Å². The van der Waals surface area contributed by atoms with E-state index < -0.39 is 0 Å². The topological polar surface area (TPSA) is 43.4 Å². The molecule has 5 heteroatoms. The van der Waals surface area contributed by atoms with Gasteiger partial charge in [0.15, 0.2) is 0 Å². The van der Waals surface area contributed by atoms with Crippen LogP contribution in [0.5, 0.6) is 0 Å². The molecule has 126 valence electrons. The van der Waals surface area contributed by atoms with Crippen LogP contribution in [0.15, 0.2) is 60.7 Å². The average Bonchev–Trinajstić information content (AvgIpc) is 3.06. The lowest BCUT2D eigenvalue weighted by Gasteiger charge is -2.02. The highest BCUT2D eigenvalue weighted by Crippen LogP contribution is 2.34. The lowest BCUT2D eigenvalue weighted by molar-refractivity contribution is -0.139. The van der Waals surface area contributed by atoms with Crippen molar-refractivity contribution in [3.05, 3.63) is 81.7 Å². The van der Waals surface area contributed by atoms with Gasteiger partial charge < -0.3 is 4.74 Å². The fraction of sp³-hybridized carbons (Fsp3) is 0.100. The number of carbonyl (C=O) groups excluding carboxylic acids is 2. The second-order valence-electron chi connectivity index (χ2n) is 5.42. The van der Waals surface area contributed by atoms with Crippen LogP contribution in [0.3, 0.4) is 0 Å². The number of ether oxygens (including phenoxy) is 1. The zero-order chi connectivity index (χ0) is 17.8. The number of rotatable bonds is 5. The number of methoxy groups -OCH3 is 1. The van der Waals surface area contributed by atoms with E-state index in [2.05, 4.69) is 0 Å². The second kappa shape index (κ2) is 7.64. The molecule has 0 atom stereocenters. The van der Waals surface area contributed by atoms with Crippen LogP contribution < -0.4 is 0 Å². The van der Waals surface area contributed by atoms with Crippen LogP contribution in [-0.2, 0) is 16.0 Å². The minimum Gasteiger partial charge on any atom is -0.469 e. The molecule has 0 aliphatic carbocycles. The van der Waals surface area contributed by atoms with Crippen molar-refractivity contribution in [1.82, 2.24) is 0 Å². The zero-order valence-corrected chi connectivity index (χ0v) is 15.1. The molecule has 3 rings (SSSR count). The van der Waals surface area contributed by atoms with Crippen molar-refractivity contribution in [2.45, 2.75) is 6.42 Å². The Morgan fingerprint density at radius 3 is 2.36 bits per heavy atom. The summed E-state index contributed by atoms with van der Waals surface area (Å²) in [6.07, 6.45) is 0.130. The molecule has 0 N–H and O–H groups in total. The Morgan fingerprint density at radius 1 is 1.04 bits per heavy atom. The molecule has 0 unspecified atom stereocenters. The van der Waals surface area contributed by atoms with E-state index in [0.29, 0.717) is 15.5 Å². The first kappa shape index (κ1) is 17.4. The first-order chi connectivity index (χ1) is 12.1. The maximum absolute atomic E-state index is 12.8. The third-order valence-corrected chi connectivity index (χ3v) is 5.21. The lowest BCUT2D eigenvalue weighted by atomic mass is 10.1. The van der Waals surface area contributed by atoms with E-state index in [0.717, 1.165) is 16.0 Å². The summed E-state index contributed by atoms with van der Waals surface area (Å²) in [6, 6.07) is 18.3. The molecule has 1 aromatic heterocycles. The first-order valence-corrected chi connectivity index (χ1v) is 8.83. The van der Waals surface area contributed by atoms with Gasteiger partial charge in [0.1, 0.15) is 0 Å². The fourth-order valence-corrected chi connectivity index (χ4v) is 3.75.